The lowest BCUT2D eigenvalue weighted by molar-refractivity contribution is -0.384. The highest BCUT2D eigenvalue weighted by atomic mass is 32.2. The number of thiazole rings is 1. The molecule has 0 atom stereocenters. The van der Waals surface area contributed by atoms with Gasteiger partial charge in [0.15, 0.2) is 10.9 Å². The van der Waals surface area contributed by atoms with E-state index in [0.717, 1.165) is 4.90 Å². The Hall–Kier alpha value is -3.96. The monoisotopic (exact) mass is 480 g/mol. The maximum Gasteiger partial charge on any atom is 0.291 e. The second kappa shape index (κ2) is 10.1. The molecular weight excluding hydrogens is 464 g/mol. The number of nitrogens with zero attached hydrogens (tertiary/aromatic N) is 2. The van der Waals surface area contributed by atoms with Crippen LogP contribution in [-0.2, 0) is 4.79 Å². The van der Waals surface area contributed by atoms with Gasteiger partial charge in [0.2, 0.25) is 5.91 Å². The van der Waals surface area contributed by atoms with Gasteiger partial charge >= 0.3 is 0 Å². The molecule has 9 nitrogen and oxygen atoms in total. The maximum atomic E-state index is 12.4. The molecule has 4 rings (SSSR count). The fourth-order valence-corrected chi connectivity index (χ4v) is 4.30. The van der Waals surface area contributed by atoms with Crippen molar-refractivity contribution in [2.24, 2.45) is 0 Å². The van der Waals surface area contributed by atoms with Crippen LogP contribution < -0.4 is 10.6 Å². The van der Waals surface area contributed by atoms with Crippen LogP contribution in [0.25, 0.3) is 11.3 Å². The number of carbonyl (C=O) groups excluding carboxylic acids is 2. The number of benzene rings is 2. The highest BCUT2D eigenvalue weighted by molar-refractivity contribution is 8.00. The third kappa shape index (κ3) is 5.84. The minimum atomic E-state index is -0.465. The topological polar surface area (TPSA) is 127 Å². The Bertz CT molecular complexity index is 1300. The van der Waals surface area contributed by atoms with E-state index in [1.54, 1.807) is 47.8 Å². The standard InChI is InChI=1S/C22H16N4O5S2/c27-20(25-22-24-18(12-33-22)14-4-1-6-16(10-14)26(29)30)13-32-17-7-2-5-15(11-17)23-21(28)19-8-3-9-31-19/h1-12H,13H2,(H,23,28)(H,24,25,27). The zero-order valence-corrected chi connectivity index (χ0v) is 18.5. The Balaban J connectivity index is 1.32. The molecule has 4 aromatic rings. The van der Waals surface area contributed by atoms with Gasteiger partial charge in [-0.15, -0.1) is 23.1 Å². The molecule has 0 fully saturated rings. The van der Waals surface area contributed by atoms with E-state index in [9.17, 15) is 19.7 Å². The van der Waals surface area contributed by atoms with Crippen LogP contribution in [0.1, 0.15) is 10.6 Å². The number of carbonyl (C=O) groups is 2. The number of thioether (sulfide) groups is 1. The smallest absolute Gasteiger partial charge is 0.291 e. The third-order valence-corrected chi connectivity index (χ3v) is 6.06. The summed E-state index contributed by atoms with van der Waals surface area (Å²) in [6.07, 6.45) is 1.43. The van der Waals surface area contributed by atoms with E-state index in [2.05, 4.69) is 15.6 Å². The van der Waals surface area contributed by atoms with Gasteiger partial charge in [-0.2, -0.15) is 0 Å². The number of rotatable bonds is 8. The molecule has 0 radical (unpaired) electrons. The predicted molar refractivity (Wildman–Crippen MR) is 127 cm³/mol. The van der Waals surface area contributed by atoms with Gasteiger partial charge in [0.05, 0.1) is 22.6 Å². The van der Waals surface area contributed by atoms with Crippen molar-refractivity contribution in [1.82, 2.24) is 4.98 Å². The van der Waals surface area contributed by atoms with E-state index in [1.165, 1.54) is 41.5 Å². The first-order chi connectivity index (χ1) is 16.0. The van der Waals surface area contributed by atoms with Crippen LogP contribution in [0.2, 0.25) is 0 Å². The number of nitro groups is 1. The van der Waals surface area contributed by atoms with Crippen LogP contribution in [0.5, 0.6) is 0 Å². The van der Waals surface area contributed by atoms with E-state index >= 15 is 0 Å². The molecule has 2 heterocycles. The molecule has 33 heavy (non-hydrogen) atoms. The van der Waals surface area contributed by atoms with E-state index in [-0.39, 0.29) is 29.0 Å². The molecule has 2 aromatic heterocycles. The number of hydrogen-bond donors (Lipinski definition) is 2. The summed E-state index contributed by atoms with van der Waals surface area (Å²) in [5, 5.41) is 18.6. The van der Waals surface area contributed by atoms with Gasteiger partial charge in [-0.3, -0.25) is 19.7 Å². The number of aromatic nitrogens is 1. The molecule has 2 N–H and O–H groups in total. The lowest BCUT2D eigenvalue weighted by Gasteiger charge is -2.06. The quantitative estimate of drug-likeness (QED) is 0.199. The van der Waals surface area contributed by atoms with E-state index in [1.807, 2.05) is 6.07 Å². The molecule has 166 valence electrons. The minimum absolute atomic E-state index is 0.0231. The normalized spacial score (nSPS) is 10.5. The van der Waals surface area contributed by atoms with Gasteiger partial charge in [-0.1, -0.05) is 18.2 Å². The van der Waals surface area contributed by atoms with Crippen LogP contribution in [0, 0.1) is 10.1 Å². The first kappa shape index (κ1) is 22.2. The number of anilines is 2. The number of nitrogens with one attached hydrogen (secondary N) is 2. The molecule has 0 spiro atoms. The van der Waals surface area contributed by atoms with Crippen LogP contribution in [-0.4, -0.2) is 27.5 Å². The summed E-state index contributed by atoms with van der Waals surface area (Å²) in [6, 6.07) is 16.5. The van der Waals surface area contributed by atoms with Crippen molar-refractivity contribution in [1.29, 1.82) is 0 Å². The molecule has 0 bridgehead atoms. The average molecular weight is 481 g/mol. The second-order valence-corrected chi connectivity index (χ2v) is 8.55. The first-order valence-electron chi connectivity index (χ1n) is 9.56. The number of non-ortho nitro benzene ring substituents is 1. The van der Waals surface area contributed by atoms with Crippen molar-refractivity contribution >= 4 is 51.4 Å². The molecule has 0 aliphatic heterocycles. The number of hydrogen-bond acceptors (Lipinski definition) is 8. The van der Waals surface area contributed by atoms with E-state index in [0.29, 0.717) is 22.1 Å². The zero-order chi connectivity index (χ0) is 23.2. The van der Waals surface area contributed by atoms with Crippen LogP contribution in [0.15, 0.2) is 81.6 Å². The Morgan fingerprint density at radius 2 is 1.94 bits per heavy atom. The van der Waals surface area contributed by atoms with Crippen molar-refractivity contribution in [2.75, 3.05) is 16.4 Å². The molecule has 2 aromatic carbocycles. The van der Waals surface area contributed by atoms with E-state index < -0.39 is 4.92 Å². The predicted octanol–water partition coefficient (Wildman–Crippen LogP) is 5.29. The van der Waals surface area contributed by atoms with Crippen molar-refractivity contribution in [3.63, 3.8) is 0 Å². The fourth-order valence-electron chi connectivity index (χ4n) is 2.81. The highest BCUT2D eigenvalue weighted by Gasteiger charge is 2.13. The molecular formula is C22H16N4O5S2. The lowest BCUT2D eigenvalue weighted by atomic mass is 10.1. The van der Waals surface area contributed by atoms with Crippen LogP contribution in [0.4, 0.5) is 16.5 Å². The molecule has 0 saturated heterocycles. The van der Waals surface area contributed by atoms with Gasteiger partial charge in [-0.25, -0.2) is 4.98 Å². The zero-order valence-electron chi connectivity index (χ0n) is 16.9. The van der Waals surface area contributed by atoms with Crippen LogP contribution >= 0.6 is 23.1 Å². The summed E-state index contributed by atoms with van der Waals surface area (Å²) in [5.41, 5.74) is 1.71. The van der Waals surface area contributed by atoms with Crippen LogP contribution in [0.3, 0.4) is 0 Å². The Morgan fingerprint density at radius 1 is 1.09 bits per heavy atom. The molecule has 0 unspecified atom stereocenters. The number of nitro benzene ring substituents is 1. The third-order valence-electron chi connectivity index (χ3n) is 4.31. The van der Waals surface area contributed by atoms with Gasteiger partial charge in [0, 0.05) is 33.7 Å². The summed E-state index contributed by atoms with van der Waals surface area (Å²) >= 11 is 2.55. The Morgan fingerprint density at radius 3 is 2.73 bits per heavy atom. The van der Waals surface area contributed by atoms with Crippen molar-refractivity contribution in [3.8, 4) is 11.3 Å². The second-order valence-electron chi connectivity index (χ2n) is 6.64. The SMILES string of the molecule is O=C(CSc1cccc(NC(=O)c2ccco2)c1)Nc1nc(-c2cccc([N+](=O)[O-])c2)cs1. The van der Waals surface area contributed by atoms with Gasteiger partial charge in [0.25, 0.3) is 11.6 Å². The largest absolute Gasteiger partial charge is 0.459 e. The molecule has 0 saturated carbocycles. The van der Waals surface area contributed by atoms with Gasteiger partial charge in [-0.05, 0) is 30.3 Å². The van der Waals surface area contributed by atoms with Crippen molar-refractivity contribution in [2.45, 2.75) is 4.90 Å². The van der Waals surface area contributed by atoms with E-state index in [4.69, 9.17) is 4.42 Å². The summed E-state index contributed by atoms with van der Waals surface area (Å²) in [7, 11) is 0. The Labute approximate surface area is 196 Å². The highest BCUT2D eigenvalue weighted by Crippen LogP contribution is 2.28. The summed E-state index contributed by atoms with van der Waals surface area (Å²) in [4.78, 5) is 40.1. The summed E-state index contributed by atoms with van der Waals surface area (Å²) < 4.78 is 5.07. The number of furan rings is 1. The first-order valence-corrected chi connectivity index (χ1v) is 11.4. The van der Waals surface area contributed by atoms with Crippen molar-refractivity contribution < 1.29 is 18.9 Å². The van der Waals surface area contributed by atoms with Gasteiger partial charge in [0.1, 0.15) is 0 Å². The molecule has 2 amide bonds. The molecule has 0 aliphatic rings. The summed E-state index contributed by atoms with van der Waals surface area (Å²) in [5.74, 6) is -0.255. The number of amides is 2. The van der Waals surface area contributed by atoms with Gasteiger partial charge < -0.3 is 15.1 Å². The average Bonchev–Trinajstić information content (AvgIpc) is 3.51. The Kier molecular flexibility index (Phi) is 6.81. The maximum absolute atomic E-state index is 12.4. The minimum Gasteiger partial charge on any atom is -0.459 e. The van der Waals surface area contributed by atoms with Crippen molar-refractivity contribution in [3.05, 3.63) is 88.2 Å². The molecule has 11 heteroatoms. The fraction of sp³-hybridized carbons (Fsp3) is 0.0455. The molecule has 0 aliphatic carbocycles. The summed E-state index contributed by atoms with van der Waals surface area (Å²) in [6.45, 7) is 0. The lowest BCUT2D eigenvalue weighted by Crippen LogP contribution is -2.14.